The smallest absolute Gasteiger partial charge is 0.267 e. The van der Waals surface area contributed by atoms with E-state index in [0.29, 0.717) is 36.4 Å². The van der Waals surface area contributed by atoms with Crippen molar-refractivity contribution in [3.63, 3.8) is 0 Å². The fraction of sp³-hybridized carbons (Fsp3) is 0.526. The first-order valence-electron chi connectivity index (χ1n) is 9.12. The molecule has 1 atom stereocenters. The number of carbonyl (C=O) groups is 1. The lowest BCUT2D eigenvalue weighted by Crippen LogP contribution is -2.48. The molecule has 1 unspecified atom stereocenters. The van der Waals surface area contributed by atoms with Crippen molar-refractivity contribution in [2.24, 2.45) is 0 Å². The van der Waals surface area contributed by atoms with Gasteiger partial charge < -0.3 is 18.8 Å². The molecule has 1 fully saturated rings. The van der Waals surface area contributed by atoms with Gasteiger partial charge in [-0.25, -0.2) is 0 Å². The van der Waals surface area contributed by atoms with E-state index in [9.17, 15) is 4.79 Å². The van der Waals surface area contributed by atoms with Gasteiger partial charge in [0.2, 0.25) is 17.9 Å². The van der Waals surface area contributed by atoms with E-state index in [0.717, 1.165) is 12.8 Å². The standard InChI is InChI=1S/C19H23N3O4/c1-12(2)17-20-21-18(26-17)13-7-9-22(10-8-13)19(23)16-11-24-14-5-3-4-6-15(14)25-16/h3-6,12-13,16H,7-11H2,1-2H3. The summed E-state index contributed by atoms with van der Waals surface area (Å²) in [5, 5.41) is 8.29. The molecule has 26 heavy (non-hydrogen) atoms. The van der Waals surface area contributed by atoms with E-state index in [1.165, 1.54) is 0 Å². The summed E-state index contributed by atoms with van der Waals surface area (Å²) < 4.78 is 17.3. The quantitative estimate of drug-likeness (QED) is 0.840. The van der Waals surface area contributed by atoms with E-state index >= 15 is 0 Å². The van der Waals surface area contributed by atoms with Gasteiger partial charge in [0, 0.05) is 24.9 Å². The number of rotatable bonds is 3. The molecule has 0 aliphatic carbocycles. The molecule has 7 nitrogen and oxygen atoms in total. The minimum atomic E-state index is -0.586. The van der Waals surface area contributed by atoms with Crippen molar-refractivity contribution in [2.45, 2.75) is 44.6 Å². The Hall–Kier alpha value is -2.57. The Labute approximate surface area is 152 Å². The molecule has 0 saturated carbocycles. The molecule has 1 saturated heterocycles. The zero-order chi connectivity index (χ0) is 18.1. The summed E-state index contributed by atoms with van der Waals surface area (Å²) in [5.41, 5.74) is 0. The second-order valence-electron chi connectivity index (χ2n) is 7.10. The predicted molar refractivity (Wildman–Crippen MR) is 93.3 cm³/mol. The third kappa shape index (κ3) is 3.25. The largest absolute Gasteiger partial charge is 0.485 e. The van der Waals surface area contributed by atoms with E-state index < -0.39 is 6.10 Å². The highest BCUT2D eigenvalue weighted by molar-refractivity contribution is 5.82. The van der Waals surface area contributed by atoms with Crippen LogP contribution >= 0.6 is 0 Å². The van der Waals surface area contributed by atoms with E-state index in [-0.39, 0.29) is 24.3 Å². The molecule has 1 aromatic carbocycles. The van der Waals surface area contributed by atoms with Crippen LogP contribution in [0.1, 0.15) is 50.3 Å². The Morgan fingerprint density at radius 2 is 1.88 bits per heavy atom. The van der Waals surface area contributed by atoms with Gasteiger partial charge in [0.1, 0.15) is 6.61 Å². The highest BCUT2D eigenvalue weighted by atomic mass is 16.6. The van der Waals surface area contributed by atoms with Gasteiger partial charge in [0.25, 0.3) is 5.91 Å². The van der Waals surface area contributed by atoms with Crippen LogP contribution < -0.4 is 9.47 Å². The zero-order valence-corrected chi connectivity index (χ0v) is 15.1. The maximum atomic E-state index is 12.8. The molecule has 0 N–H and O–H groups in total. The number of amides is 1. The number of hydrogen-bond donors (Lipinski definition) is 0. The third-order valence-electron chi connectivity index (χ3n) is 4.89. The summed E-state index contributed by atoms with van der Waals surface area (Å²) >= 11 is 0. The molecular formula is C19H23N3O4. The van der Waals surface area contributed by atoms with E-state index in [1.807, 2.05) is 43.0 Å². The molecule has 1 aromatic heterocycles. The minimum absolute atomic E-state index is 0.0219. The summed E-state index contributed by atoms with van der Waals surface area (Å²) in [6.45, 7) is 5.62. The average molecular weight is 357 g/mol. The fourth-order valence-corrected chi connectivity index (χ4v) is 3.34. The van der Waals surface area contributed by atoms with Crippen molar-refractivity contribution in [2.75, 3.05) is 19.7 Å². The Bertz CT molecular complexity index is 781. The summed E-state index contributed by atoms with van der Waals surface area (Å²) in [6.07, 6.45) is 1.04. The van der Waals surface area contributed by atoms with Gasteiger partial charge in [-0.15, -0.1) is 10.2 Å². The van der Waals surface area contributed by atoms with E-state index in [4.69, 9.17) is 13.9 Å². The van der Waals surface area contributed by atoms with Crippen molar-refractivity contribution in [1.82, 2.24) is 15.1 Å². The van der Waals surface area contributed by atoms with Crippen LogP contribution in [0.2, 0.25) is 0 Å². The Morgan fingerprint density at radius 1 is 1.15 bits per heavy atom. The fourth-order valence-electron chi connectivity index (χ4n) is 3.34. The van der Waals surface area contributed by atoms with Crippen molar-refractivity contribution < 1.29 is 18.7 Å². The number of hydrogen-bond acceptors (Lipinski definition) is 6. The molecule has 2 aromatic rings. The Kier molecular flexibility index (Phi) is 4.53. The lowest BCUT2D eigenvalue weighted by Gasteiger charge is -2.34. The number of piperidine rings is 1. The number of nitrogens with zero attached hydrogens (tertiary/aromatic N) is 3. The molecule has 138 valence electrons. The first kappa shape index (κ1) is 16.9. The van der Waals surface area contributed by atoms with Gasteiger partial charge in [-0.1, -0.05) is 26.0 Å². The van der Waals surface area contributed by atoms with Crippen LogP contribution in [0.3, 0.4) is 0 Å². The van der Waals surface area contributed by atoms with Crippen molar-refractivity contribution in [1.29, 1.82) is 0 Å². The van der Waals surface area contributed by atoms with Gasteiger partial charge in [0.15, 0.2) is 11.5 Å². The molecule has 3 heterocycles. The molecule has 2 aliphatic heterocycles. The first-order valence-corrected chi connectivity index (χ1v) is 9.12. The molecule has 7 heteroatoms. The van der Waals surface area contributed by atoms with Gasteiger partial charge in [-0.3, -0.25) is 4.79 Å². The SMILES string of the molecule is CC(C)c1nnc(C2CCN(C(=O)C3COc4ccccc4O3)CC2)o1. The normalized spacial score (nSPS) is 20.4. The molecule has 1 amide bonds. The van der Waals surface area contributed by atoms with Crippen LogP contribution in [-0.4, -0.2) is 46.8 Å². The number of ether oxygens (including phenoxy) is 2. The van der Waals surface area contributed by atoms with Crippen molar-refractivity contribution >= 4 is 5.91 Å². The Morgan fingerprint density at radius 3 is 2.58 bits per heavy atom. The minimum Gasteiger partial charge on any atom is -0.485 e. The second-order valence-corrected chi connectivity index (χ2v) is 7.10. The van der Waals surface area contributed by atoms with Crippen LogP contribution in [0.5, 0.6) is 11.5 Å². The van der Waals surface area contributed by atoms with Gasteiger partial charge in [-0.2, -0.15) is 0 Å². The average Bonchev–Trinajstić information content (AvgIpc) is 3.18. The number of likely N-dealkylation sites (tertiary alicyclic amines) is 1. The predicted octanol–water partition coefficient (Wildman–Crippen LogP) is 2.74. The number of para-hydroxylation sites is 2. The number of fused-ring (bicyclic) bond motifs is 1. The molecule has 0 bridgehead atoms. The topological polar surface area (TPSA) is 77.7 Å². The maximum Gasteiger partial charge on any atom is 0.267 e. The van der Waals surface area contributed by atoms with Crippen LogP contribution in [-0.2, 0) is 4.79 Å². The Balaban J connectivity index is 1.35. The van der Waals surface area contributed by atoms with E-state index in [2.05, 4.69) is 10.2 Å². The monoisotopic (exact) mass is 357 g/mol. The summed E-state index contributed by atoms with van der Waals surface area (Å²) in [6, 6.07) is 7.42. The van der Waals surface area contributed by atoms with Gasteiger partial charge in [-0.05, 0) is 25.0 Å². The number of aromatic nitrogens is 2. The van der Waals surface area contributed by atoms with Crippen LogP contribution in [0.4, 0.5) is 0 Å². The van der Waals surface area contributed by atoms with Crippen LogP contribution in [0.25, 0.3) is 0 Å². The molecule has 0 spiro atoms. The zero-order valence-electron chi connectivity index (χ0n) is 15.1. The lowest BCUT2D eigenvalue weighted by molar-refractivity contribution is -0.142. The first-order chi connectivity index (χ1) is 12.6. The highest BCUT2D eigenvalue weighted by Crippen LogP contribution is 2.32. The molecule has 0 radical (unpaired) electrons. The van der Waals surface area contributed by atoms with Crippen LogP contribution in [0.15, 0.2) is 28.7 Å². The van der Waals surface area contributed by atoms with Crippen molar-refractivity contribution in [3.8, 4) is 11.5 Å². The maximum absolute atomic E-state index is 12.8. The third-order valence-corrected chi connectivity index (χ3v) is 4.89. The summed E-state index contributed by atoms with van der Waals surface area (Å²) in [7, 11) is 0. The van der Waals surface area contributed by atoms with E-state index in [1.54, 1.807) is 0 Å². The van der Waals surface area contributed by atoms with Crippen molar-refractivity contribution in [3.05, 3.63) is 36.0 Å². The highest BCUT2D eigenvalue weighted by Gasteiger charge is 2.34. The summed E-state index contributed by atoms with van der Waals surface area (Å²) in [4.78, 5) is 14.6. The summed E-state index contributed by atoms with van der Waals surface area (Å²) in [5.74, 6) is 3.09. The molecular weight excluding hydrogens is 334 g/mol. The second kappa shape index (κ2) is 6.97. The lowest BCUT2D eigenvalue weighted by atomic mass is 9.96. The van der Waals surface area contributed by atoms with Gasteiger partial charge in [0.05, 0.1) is 0 Å². The number of benzene rings is 1. The number of carbonyl (C=O) groups excluding carboxylic acids is 1. The van der Waals surface area contributed by atoms with Gasteiger partial charge >= 0.3 is 0 Å². The molecule has 4 rings (SSSR count). The molecule has 2 aliphatic rings. The van der Waals surface area contributed by atoms with Crippen LogP contribution in [0, 0.1) is 0 Å².